The molecule has 1 atom stereocenters. The van der Waals surface area contributed by atoms with Gasteiger partial charge in [-0.15, -0.1) is 0 Å². The van der Waals surface area contributed by atoms with Gasteiger partial charge in [0, 0.05) is 29.9 Å². The Bertz CT molecular complexity index is 854. The van der Waals surface area contributed by atoms with Gasteiger partial charge in [-0.3, -0.25) is 14.4 Å². The third-order valence-electron chi connectivity index (χ3n) is 4.51. The summed E-state index contributed by atoms with van der Waals surface area (Å²) in [5.41, 5.74) is -0.0120. The van der Waals surface area contributed by atoms with Crippen molar-refractivity contribution in [2.45, 2.75) is 59.1 Å². The minimum atomic E-state index is -0.681. The summed E-state index contributed by atoms with van der Waals surface area (Å²) < 4.78 is 5.08. The van der Waals surface area contributed by atoms with Crippen LogP contribution < -0.4 is 16.0 Å². The summed E-state index contributed by atoms with van der Waals surface area (Å²) in [4.78, 5) is 50.3. The van der Waals surface area contributed by atoms with E-state index in [1.807, 2.05) is 20.8 Å². The summed E-state index contributed by atoms with van der Waals surface area (Å²) in [5.74, 6) is -1.14. The number of hydrogen-bond donors (Lipinski definition) is 3. The monoisotopic (exact) mass is 432 g/mol. The lowest BCUT2D eigenvalue weighted by atomic mass is 10.1. The van der Waals surface area contributed by atoms with Crippen LogP contribution in [0.25, 0.3) is 0 Å². The number of anilines is 2. The quantitative estimate of drug-likeness (QED) is 0.661. The van der Waals surface area contributed by atoms with Crippen molar-refractivity contribution in [2.24, 2.45) is 5.92 Å². The van der Waals surface area contributed by atoms with Gasteiger partial charge in [-0.1, -0.05) is 6.07 Å². The molecule has 9 nitrogen and oxygen atoms in total. The molecule has 0 spiro atoms. The highest BCUT2D eigenvalue weighted by molar-refractivity contribution is 5.98. The van der Waals surface area contributed by atoms with Crippen LogP contribution in [0.15, 0.2) is 24.3 Å². The Balaban J connectivity index is 1.89. The van der Waals surface area contributed by atoms with Crippen molar-refractivity contribution in [3.8, 4) is 0 Å². The molecule has 1 aliphatic heterocycles. The van der Waals surface area contributed by atoms with Crippen LogP contribution in [0.3, 0.4) is 0 Å². The second-order valence-corrected chi connectivity index (χ2v) is 9.55. The fourth-order valence-corrected chi connectivity index (χ4v) is 3.12. The smallest absolute Gasteiger partial charge is 0.408 e. The molecular formula is C22H32N4O5. The van der Waals surface area contributed by atoms with Crippen LogP contribution in [0.2, 0.25) is 0 Å². The fraction of sp³-hybridized carbons (Fsp3) is 0.545. The maximum Gasteiger partial charge on any atom is 0.408 e. The molecule has 1 aromatic rings. The Morgan fingerprint density at radius 3 is 2.23 bits per heavy atom. The molecule has 0 aromatic heterocycles. The predicted molar refractivity (Wildman–Crippen MR) is 118 cm³/mol. The number of alkyl carbamates (subject to hydrolysis) is 1. The van der Waals surface area contributed by atoms with Gasteiger partial charge in [-0.2, -0.15) is 0 Å². The number of rotatable bonds is 5. The summed E-state index contributed by atoms with van der Waals surface area (Å²) in [6, 6.07) is 6.67. The van der Waals surface area contributed by atoms with Crippen molar-refractivity contribution in [1.29, 1.82) is 0 Å². The van der Waals surface area contributed by atoms with Crippen LogP contribution in [0.1, 0.15) is 48.0 Å². The molecule has 4 amide bonds. The van der Waals surface area contributed by atoms with Crippen LogP contribution in [0.5, 0.6) is 0 Å². The Kier molecular flexibility index (Phi) is 7.30. The molecule has 9 heteroatoms. The lowest BCUT2D eigenvalue weighted by molar-refractivity contribution is -0.131. The van der Waals surface area contributed by atoms with Gasteiger partial charge in [0.1, 0.15) is 12.1 Å². The topological polar surface area (TPSA) is 117 Å². The van der Waals surface area contributed by atoms with Gasteiger partial charge in [-0.05, 0) is 59.7 Å². The van der Waals surface area contributed by atoms with Crippen molar-refractivity contribution in [3.05, 3.63) is 24.3 Å². The SMILES string of the molecule is CC(C)(C)OC(=O)NCC(=O)Nc1cccc(NC(=O)C2CC(=O)N(C(C)(C)C)C2)c1. The molecule has 1 fully saturated rings. The lowest BCUT2D eigenvalue weighted by Gasteiger charge is -2.31. The number of carbonyl (C=O) groups excluding carboxylic acids is 4. The first kappa shape index (κ1) is 24.2. The molecule has 170 valence electrons. The van der Waals surface area contributed by atoms with E-state index >= 15 is 0 Å². The number of amides is 4. The Hall–Kier alpha value is -3.10. The third-order valence-corrected chi connectivity index (χ3v) is 4.51. The Morgan fingerprint density at radius 2 is 1.68 bits per heavy atom. The number of ether oxygens (including phenoxy) is 1. The number of carbonyl (C=O) groups is 4. The van der Waals surface area contributed by atoms with E-state index in [2.05, 4.69) is 16.0 Å². The molecule has 1 unspecified atom stereocenters. The molecule has 31 heavy (non-hydrogen) atoms. The van der Waals surface area contributed by atoms with Gasteiger partial charge in [0.15, 0.2) is 0 Å². The number of nitrogens with one attached hydrogen (secondary N) is 3. The average molecular weight is 433 g/mol. The van der Waals surface area contributed by atoms with E-state index in [-0.39, 0.29) is 30.3 Å². The average Bonchev–Trinajstić information content (AvgIpc) is 3.01. The predicted octanol–water partition coefficient (Wildman–Crippen LogP) is 2.74. The van der Waals surface area contributed by atoms with Crippen LogP contribution in [-0.4, -0.2) is 52.9 Å². The normalized spacial score (nSPS) is 16.6. The van der Waals surface area contributed by atoms with Crippen molar-refractivity contribution in [2.75, 3.05) is 23.7 Å². The minimum Gasteiger partial charge on any atom is -0.444 e. The zero-order valence-electron chi connectivity index (χ0n) is 19.0. The van der Waals surface area contributed by atoms with Gasteiger partial charge >= 0.3 is 6.09 Å². The van der Waals surface area contributed by atoms with Crippen molar-refractivity contribution >= 4 is 35.2 Å². The summed E-state index contributed by atoms with van der Waals surface area (Å²) in [7, 11) is 0. The van der Waals surface area contributed by atoms with E-state index in [0.717, 1.165) is 0 Å². The van der Waals surface area contributed by atoms with E-state index < -0.39 is 23.5 Å². The van der Waals surface area contributed by atoms with Crippen LogP contribution in [0.4, 0.5) is 16.2 Å². The maximum atomic E-state index is 12.6. The summed E-state index contributed by atoms with van der Waals surface area (Å²) in [5, 5.41) is 7.85. The van der Waals surface area contributed by atoms with Gasteiger partial charge in [0.05, 0.1) is 5.92 Å². The highest BCUT2D eigenvalue weighted by Gasteiger charge is 2.39. The zero-order valence-corrected chi connectivity index (χ0v) is 19.0. The molecule has 0 radical (unpaired) electrons. The largest absolute Gasteiger partial charge is 0.444 e. The van der Waals surface area contributed by atoms with Gasteiger partial charge < -0.3 is 25.6 Å². The number of likely N-dealkylation sites (tertiary alicyclic amines) is 1. The van der Waals surface area contributed by atoms with E-state index in [9.17, 15) is 19.2 Å². The first-order chi connectivity index (χ1) is 14.2. The third kappa shape index (κ3) is 7.58. The molecule has 0 bridgehead atoms. The molecule has 0 saturated carbocycles. The summed E-state index contributed by atoms with van der Waals surface area (Å²) in [6.07, 6.45) is -0.505. The van der Waals surface area contributed by atoms with Crippen molar-refractivity contribution in [1.82, 2.24) is 10.2 Å². The van der Waals surface area contributed by atoms with Crippen molar-refractivity contribution in [3.63, 3.8) is 0 Å². The first-order valence-corrected chi connectivity index (χ1v) is 10.2. The molecule has 1 heterocycles. The second kappa shape index (κ2) is 9.36. The number of hydrogen-bond acceptors (Lipinski definition) is 5. The molecule has 3 N–H and O–H groups in total. The van der Waals surface area contributed by atoms with E-state index in [0.29, 0.717) is 17.9 Å². The highest BCUT2D eigenvalue weighted by atomic mass is 16.6. The van der Waals surface area contributed by atoms with Crippen molar-refractivity contribution < 1.29 is 23.9 Å². The molecule has 1 aliphatic rings. The zero-order chi connectivity index (χ0) is 23.4. The standard InChI is InChI=1S/C22H32N4O5/c1-21(2,3)26-13-14(10-18(26)28)19(29)25-16-9-7-8-15(11-16)24-17(27)12-23-20(30)31-22(4,5)6/h7-9,11,14H,10,12-13H2,1-6H3,(H,23,30)(H,24,27)(H,25,29). The Labute approximate surface area is 182 Å². The van der Waals surface area contributed by atoms with Crippen LogP contribution >= 0.6 is 0 Å². The summed E-state index contributed by atoms with van der Waals surface area (Å²) >= 11 is 0. The molecule has 2 rings (SSSR count). The highest BCUT2D eigenvalue weighted by Crippen LogP contribution is 2.27. The van der Waals surface area contributed by atoms with Gasteiger partial charge in [0.2, 0.25) is 17.7 Å². The van der Waals surface area contributed by atoms with E-state index in [4.69, 9.17) is 4.74 Å². The molecule has 0 aliphatic carbocycles. The molecular weight excluding hydrogens is 400 g/mol. The van der Waals surface area contributed by atoms with E-state index in [1.54, 1.807) is 49.9 Å². The van der Waals surface area contributed by atoms with E-state index in [1.165, 1.54) is 0 Å². The van der Waals surface area contributed by atoms with Gasteiger partial charge in [0.25, 0.3) is 0 Å². The fourth-order valence-electron chi connectivity index (χ4n) is 3.12. The maximum absolute atomic E-state index is 12.6. The van der Waals surface area contributed by atoms with Crippen LogP contribution in [-0.2, 0) is 19.1 Å². The Morgan fingerprint density at radius 1 is 1.06 bits per heavy atom. The lowest BCUT2D eigenvalue weighted by Crippen LogP contribution is -2.42. The minimum absolute atomic E-state index is 0.0360. The van der Waals surface area contributed by atoms with Gasteiger partial charge in [-0.25, -0.2) is 4.79 Å². The number of nitrogens with zero attached hydrogens (tertiary/aromatic N) is 1. The summed E-state index contributed by atoms with van der Waals surface area (Å²) in [6.45, 7) is 11.1. The molecule has 1 saturated heterocycles. The number of benzene rings is 1. The first-order valence-electron chi connectivity index (χ1n) is 10.2. The second-order valence-electron chi connectivity index (χ2n) is 9.55. The van der Waals surface area contributed by atoms with Crippen LogP contribution in [0, 0.1) is 5.92 Å². The molecule has 1 aromatic carbocycles.